The molecule has 0 aliphatic carbocycles. The monoisotopic (exact) mass is 332 g/mol. The summed E-state index contributed by atoms with van der Waals surface area (Å²) in [5.74, 6) is -2.63. The zero-order valence-electron chi connectivity index (χ0n) is 13.8. The standard InChI is InChI=1S/C17H20N2O5/c1-4-24-16(23)17(2)12-11(14(21)19(3)15(12)22)13(18-17)9-5-7-10(20)8-6-9/h5-8,11-13,18,20H,4H2,1-3H3/t11-,12-,13+,17+/m0/s1. The molecule has 7 heteroatoms. The second-order valence-electron chi connectivity index (χ2n) is 6.38. The van der Waals surface area contributed by atoms with Gasteiger partial charge in [-0.1, -0.05) is 12.1 Å². The Balaban J connectivity index is 2.06. The molecule has 3 rings (SSSR count). The molecule has 24 heavy (non-hydrogen) atoms. The smallest absolute Gasteiger partial charge is 0.326 e. The number of carbonyl (C=O) groups excluding carboxylic acids is 3. The van der Waals surface area contributed by atoms with Crippen molar-refractivity contribution in [1.29, 1.82) is 0 Å². The van der Waals surface area contributed by atoms with Gasteiger partial charge in [0, 0.05) is 13.1 Å². The highest BCUT2D eigenvalue weighted by atomic mass is 16.5. The molecule has 0 saturated carbocycles. The Labute approximate surface area is 139 Å². The lowest BCUT2D eigenvalue weighted by molar-refractivity contribution is -0.155. The minimum atomic E-state index is -1.28. The molecular weight excluding hydrogens is 312 g/mol. The van der Waals surface area contributed by atoms with E-state index in [9.17, 15) is 19.5 Å². The number of amides is 2. The average Bonchev–Trinajstić information content (AvgIpc) is 2.99. The quantitative estimate of drug-likeness (QED) is 0.621. The molecule has 2 fully saturated rings. The molecule has 0 aromatic heterocycles. The van der Waals surface area contributed by atoms with Gasteiger partial charge in [0.05, 0.1) is 18.4 Å². The first-order valence-electron chi connectivity index (χ1n) is 7.86. The van der Waals surface area contributed by atoms with Gasteiger partial charge in [-0.05, 0) is 31.5 Å². The van der Waals surface area contributed by atoms with E-state index >= 15 is 0 Å². The van der Waals surface area contributed by atoms with Crippen LogP contribution in [0.5, 0.6) is 5.75 Å². The van der Waals surface area contributed by atoms with E-state index in [2.05, 4.69) is 5.32 Å². The van der Waals surface area contributed by atoms with Crippen LogP contribution in [0.3, 0.4) is 0 Å². The SMILES string of the molecule is CCOC(=O)[C@]1(C)N[C@H](c2ccc(O)cc2)[C@H]2C(=O)N(C)C(=O)[C@H]21. The van der Waals surface area contributed by atoms with Crippen LogP contribution in [0, 0.1) is 11.8 Å². The fraction of sp³-hybridized carbons (Fsp3) is 0.471. The van der Waals surface area contributed by atoms with Gasteiger partial charge in [-0.2, -0.15) is 0 Å². The van der Waals surface area contributed by atoms with Crippen LogP contribution in [0.1, 0.15) is 25.5 Å². The summed E-state index contributed by atoms with van der Waals surface area (Å²) >= 11 is 0. The molecule has 0 spiro atoms. The Morgan fingerprint density at radius 1 is 1.29 bits per heavy atom. The van der Waals surface area contributed by atoms with Crippen LogP contribution in [0.25, 0.3) is 0 Å². The molecule has 1 aromatic carbocycles. The van der Waals surface area contributed by atoms with Gasteiger partial charge in [0.1, 0.15) is 11.3 Å². The minimum absolute atomic E-state index is 0.104. The highest BCUT2D eigenvalue weighted by Gasteiger charge is 2.66. The van der Waals surface area contributed by atoms with Crippen LogP contribution in [0.2, 0.25) is 0 Å². The minimum Gasteiger partial charge on any atom is -0.508 e. The number of benzene rings is 1. The number of ether oxygens (including phenoxy) is 1. The fourth-order valence-corrected chi connectivity index (χ4v) is 3.72. The topological polar surface area (TPSA) is 95.9 Å². The third-order valence-electron chi connectivity index (χ3n) is 4.96. The van der Waals surface area contributed by atoms with E-state index in [0.717, 1.165) is 10.5 Å². The summed E-state index contributed by atoms with van der Waals surface area (Å²) in [6, 6.07) is 5.87. The number of rotatable bonds is 3. The van der Waals surface area contributed by atoms with Crippen LogP contribution in [0.4, 0.5) is 0 Å². The van der Waals surface area contributed by atoms with E-state index in [1.807, 2.05) is 0 Å². The van der Waals surface area contributed by atoms with E-state index < -0.39 is 29.4 Å². The van der Waals surface area contributed by atoms with E-state index in [1.54, 1.807) is 26.0 Å². The second-order valence-corrected chi connectivity index (χ2v) is 6.38. The molecule has 0 unspecified atom stereocenters. The molecule has 0 radical (unpaired) electrons. The number of nitrogens with zero attached hydrogens (tertiary/aromatic N) is 1. The summed E-state index contributed by atoms with van der Waals surface area (Å²) in [5.41, 5.74) is -0.548. The van der Waals surface area contributed by atoms with E-state index in [4.69, 9.17) is 4.74 Å². The van der Waals surface area contributed by atoms with Gasteiger partial charge in [-0.15, -0.1) is 0 Å². The normalized spacial score (nSPS) is 32.1. The number of hydrogen-bond donors (Lipinski definition) is 2. The Hall–Kier alpha value is -2.41. The number of nitrogens with one attached hydrogen (secondary N) is 1. The van der Waals surface area contributed by atoms with Crippen molar-refractivity contribution in [3.8, 4) is 5.75 Å². The Morgan fingerprint density at radius 2 is 1.92 bits per heavy atom. The maximum Gasteiger partial charge on any atom is 0.326 e. The van der Waals surface area contributed by atoms with Crippen molar-refractivity contribution in [1.82, 2.24) is 10.2 Å². The molecule has 1 aromatic rings. The van der Waals surface area contributed by atoms with Crippen molar-refractivity contribution in [3.63, 3.8) is 0 Å². The summed E-state index contributed by atoms with van der Waals surface area (Å²) < 4.78 is 5.14. The van der Waals surface area contributed by atoms with Gasteiger partial charge in [0.2, 0.25) is 11.8 Å². The number of likely N-dealkylation sites (tertiary alicyclic amines) is 1. The van der Waals surface area contributed by atoms with Gasteiger partial charge >= 0.3 is 5.97 Å². The third-order valence-corrected chi connectivity index (χ3v) is 4.96. The van der Waals surface area contributed by atoms with Crippen molar-refractivity contribution >= 4 is 17.8 Å². The molecule has 0 bridgehead atoms. The van der Waals surface area contributed by atoms with Crippen LogP contribution < -0.4 is 5.32 Å². The molecule has 128 valence electrons. The van der Waals surface area contributed by atoms with E-state index in [1.165, 1.54) is 19.2 Å². The third kappa shape index (κ3) is 2.19. The van der Waals surface area contributed by atoms with Crippen molar-refractivity contribution in [2.45, 2.75) is 25.4 Å². The highest BCUT2D eigenvalue weighted by molar-refractivity contribution is 6.09. The zero-order valence-corrected chi connectivity index (χ0v) is 13.8. The predicted molar refractivity (Wildman–Crippen MR) is 83.8 cm³/mol. The number of fused-ring (bicyclic) bond motifs is 1. The summed E-state index contributed by atoms with van der Waals surface area (Å²) in [6.07, 6.45) is 0. The lowest BCUT2D eigenvalue weighted by atomic mass is 9.80. The molecule has 2 heterocycles. The van der Waals surface area contributed by atoms with Crippen LogP contribution >= 0.6 is 0 Å². The van der Waals surface area contributed by atoms with Crippen LogP contribution in [-0.4, -0.2) is 47.0 Å². The molecule has 2 amide bonds. The maximum atomic E-state index is 12.6. The van der Waals surface area contributed by atoms with E-state index in [0.29, 0.717) is 0 Å². The first-order valence-corrected chi connectivity index (χ1v) is 7.86. The van der Waals surface area contributed by atoms with Crippen molar-refractivity contribution in [2.75, 3.05) is 13.7 Å². The number of phenolic OH excluding ortho intramolecular Hbond substituents is 1. The predicted octanol–water partition coefficient (Wildman–Crippen LogP) is 0.589. The summed E-state index contributed by atoms with van der Waals surface area (Å²) in [6.45, 7) is 3.49. The number of esters is 1. The average molecular weight is 332 g/mol. The van der Waals surface area contributed by atoms with Crippen LogP contribution in [-0.2, 0) is 19.1 Å². The number of imide groups is 1. The van der Waals surface area contributed by atoms with E-state index in [-0.39, 0.29) is 24.2 Å². The summed E-state index contributed by atoms with van der Waals surface area (Å²) in [4.78, 5) is 38.7. The summed E-state index contributed by atoms with van der Waals surface area (Å²) in [7, 11) is 1.43. The van der Waals surface area contributed by atoms with Crippen molar-refractivity contribution < 1.29 is 24.2 Å². The molecule has 2 saturated heterocycles. The number of carbonyl (C=O) groups is 3. The van der Waals surface area contributed by atoms with Crippen molar-refractivity contribution in [2.24, 2.45) is 11.8 Å². The lowest BCUT2D eigenvalue weighted by Crippen LogP contribution is -2.53. The number of hydrogen-bond acceptors (Lipinski definition) is 6. The van der Waals surface area contributed by atoms with Gasteiger partial charge in [0.15, 0.2) is 0 Å². The summed E-state index contributed by atoms with van der Waals surface area (Å²) in [5, 5.41) is 12.6. The Bertz CT molecular complexity index is 701. The second kappa shape index (κ2) is 5.59. The van der Waals surface area contributed by atoms with Gasteiger partial charge in [-0.25, -0.2) is 0 Å². The fourth-order valence-electron chi connectivity index (χ4n) is 3.72. The molecule has 4 atom stereocenters. The molecule has 2 aliphatic rings. The molecule has 2 N–H and O–H groups in total. The lowest BCUT2D eigenvalue weighted by Gasteiger charge is -2.28. The van der Waals surface area contributed by atoms with Crippen molar-refractivity contribution in [3.05, 3.63) is 29.8 Å². The number of aromatic hydroxyl groups is 1. The molecular formula is C17H20N2O5. The Kier molecular flexibility index (Phi) is 3.83. The molecule has 2 aliphatic heterocycles. The van der Waals surface area contributed by atoms with Gasteiger partial charge in [0.25, 0.3) is 0 Å². The first kappa shape index (κ1) is 16.4. The zero-order chi connectivity index (χ0) is 17.6. The van der Waals surface area contributed by atoms with Gasteiger partial charge in [-0.3, -0.25) is 24.6 Å². The highest BCUT2D eigenvalue weighted by Crippen LogP contribution is 2.48. The number of phenols is 1. The van der Waals surface area contributed by atoms with Crippen LogP contribution in [0.15, 0.2) is 24.3 Å². The Morgan fingerprint density at radius 3 is 2.50 bits per heavy atom. The maximum absolute atomic E-state index is 12.6. The molecule has 7 nitrogen and oxygen atoms in total. The first-order chi connectivity index (χ1) is 11.3. The largest absolute Gasteiger partial charge is 0.508 e. The van der Waals surface area contributed by atoms with Gasteiger partial charge < -0.3 is 9.84 Å².